The van der Waals surface area contributed by atoms with E-state index in [1.165, 1.54) is 0 Å². The van der Waals surface area contributed by atoms with Crippen molar-refractivity contribution in [1.82, 2.24) is 4.98 Å². The van der Waals surface area contributed by atoms with Gasteiger partial charge in [0.05, 0.1) is 13.2 Å². The number of hydrogen-bond acceptors (Lipinski definition) is 6. The van der Waals surface area contributed by atoms with Crippen molar-refractivity contribution in [1.29, 1.82) is 0 Å². The molecule has 0 aromatic carbocycles. The van der Waals surface area contributed by atoms with E-state index in [9.17, 15) is 0 Å². The standard InChI is InChI=1S/C11H18N4O2.C2H6/c12-1-4-17-11-8-9(7-10(13)14-11)15-2-5-16-6-3-15;1-2/h7-8H,1-6,12H2,(H2,13,14);1-2H3. The molecule has 6 heteroatoms. The van der Waals surface area contributed by atoms with Crippen molar-refractivity contribution in [3.05, 3.63) is 12.1 Å². The Labute approximate surface area is 114 Å². The summed E-state index contributed by atoms with van der Waals surface area (Å²) in [6, 6.07) is 3.73. The van der Waals surface area contributed by atoms with Crippen LogP contribution in [0.5, 0.6) is 5.88 Å². The van der Waals surface area contributed by atoms with Crippen LogP contribution in [0.15, 0.2) is 12.1 Å². The fourth-order valence-electron chi connectivity index (χ4n) is 1.75. The molecule has 4 N–H and O–H groups in total. The zero-order chi connectivity index (χ0) is 14.1. The molecule has 19 heavy (non-hydrogen) atoms. The van der Waals surface area contributed by atoms with Gasteiger partial charge < -0.3 is 25.8 Å². The highest BCUT2D eigenvalue weighted by Gasteiger charge is 2.13. The van der Waals surface area contributed by atoms with Gasteiger partial charge in [-0.2, -0.15) is 4.98 Å². The second-order valence-electron chi connectivity index (χ2n) is 3.83. The summed E-state index contributed by atoms with van der Waals surface area (Å²) in [5, 5.41) is 0. The van der Waals surface area contributed by atoms with Crippen LogP contribution in [-0.2, 0) is 4.74 Å². The van der Waals surface area contributed by atoms with Crippen LogP contribution in [0.1, 0.15) is 13.8 Å². The van der Waals surface area contributed by atoms with E-state index in [-0.39, 0.29) is 0 Å². The van der Waals surface area contributed by atoms with E-state index in [1.807, 2.05) is 26.0 Å². The molecule has 0 radical (unpaired) electrons. The summed E-state index contributed by atoms with van der Waals surface area (Å²) in [5.74, 6) is 0.984. The molecule has 1 saturated heterocycles. The van der Waals surface area contributed by atoms with Crippen LogP contribution in [0, 0.1) is 0 Å². The van der Waals surface area contributed by atoms with Crippen LogP contribution in [0.3, 0.4) is 0 Å². The molecule has 0 unspecified atom stereocenters. The van der Waals surface area contributed by atoms with Crippen LogP contribution in [0.2, 0.25) is 0 Å². The highest BCUT2D eigenvalue weighted by molar-refractivity contribution is 5.55. The largest absolute Gasteiger partial charge is 0.476 e. The van der Waals surface area contributed by atoms with Gasteiger partial charge in [-0.15, -0.1) is 0 Å². The highest BCUT2D eigenvalue weighted by atomic mass is 16.5. The molecule has 108 valence electrons. The molecule has 0 spiro atoms. The number of pyridine rings is 1. The number of nitrogens with two attached hydrogens (primary N) is 2. The normalized spacial score (nSPS) is 14.6. The molecule has 0 saturated carbocycles. The number of aromatic nitrogens is 1. The minimum atomic E-state index is 0.443. The zero-order valence-corrected chi connectivity index (χ0v) is 11.8. The Morgan fingerprint density at radius 2 is 2.00 bits per heavy atom. The minimum Gasteiger partial charge on any atom is -0.476 e. The third-order valence-electron chi connectivity index (χ3n) is 2.55. The van der Waals surface area contributed by atoms with Crippen LogP contribution in [0.25, 0.3) is 0 Å². The number of nitrogens with zero attached hydrogens (tertiary/aromatic N) is 2. The number of nitrogen functional groups attached to an aromatic ring is 1. The van der Waals surface area contributed by atoms with Gasteiger partial charge in [0.1, 0.15) is 12.4 Å². The third kappa shape index (κ3) is 4.92. The molecule has 2 heterocycles. The van der Waals surface area contributed by atoms with E-state index in [4.69, 9.17) is 20.9 Å². The van der Waals surface area contributed by atoms with Gasteiger partial charge >= 0.3 is 0 Å². The Morgan fingerprint density at radius 1 is 1.32 bits per heavy atom. The van der Waals surface area contributed by atoms with Gasteiger partial charge in [-0.25, -0.2) is 0 Å². The Morgan fingerprint density at radius 3 is 2.63 bits per heavy atom. The second kappa shape index (κ2) is 8.55. The van der Waals surface area contributed by atoms with Gasteiger partial charge in [-0.1, -0.05) is 13.8 Å². The van der Waals surface area contributed by atoms with E-state index >= 15 is 0 Å². The first kappa shape index (κ1) is 15.5. The quantitative estimate of drug-likeness (QED) is 0.842. The maximum Gasteiger partial charge on any atom is 0.217 e. The van der Waals surface area contributed by atoms with Crippen LogP contribution >= 0.6 is 0 Å². The maximum absolute atomic E-state index is 5.76. The summed E-state index contributed by atoms with van der Waals surface area (Å²) < 4.78 is 10.7. The van der Waals surface area contributed by atoms with Crippen molar-refractivity contribution >= 4 is 11.5 Å². The maximum atomic E-state index is 5.76. The average Bonchev–Trinajstić information content (AvgIpc) is 2.47. The molecule has 1 aromatic heterocycles. The summed E-state index contributed by atoms with van der Waals surface area (Å²) >= 11 is 0. The van der Waals surface area contributed by atoms with Crippen molar-refractivity contribution in [3.8, 4) is 5.88 Å². The molecular weight excluding hydrogens is 244 g/mol. The first-order valence-corrected chi connectivity index (χ1v) is 6.73. The molecule has 1 aliphatic rings. The Hall–Kier alpha value is -1.53. The van der Waals surface area contributed by atoms with Crippen molar-refractivity contribution in [3.63, 3.8) is 0 Å². The first-order chi connectivity index (χ1) is 9.29. The SMILES string of the molecule is CC.NCCOc1cc(N2CCOCC2)cc(N)n1. The molecule has 0 aliphatic carbocycles. The van der Waals surface area contributed by atoms with Crippen LogP contribution < -0.4 is 21.1 Å². The summed E-state index contributed by atoms with van der Waals surface area (Å²) in [7, 11) is 0. The predicted octanol–water partition coefficient (Wildman–Crippen LogP) is 0.864. The third-order valence-corrected chi connectivity index (χ3v) is 2.55. The second-order valence-corrected chi connectivity index (χ2v) is 3.83. The molecule has 0 atom stereocenters. The van der Waals surface area contributed by atoms with Crippen molar-refractivity contribution in [2.24, 2.45) is 5.73 Å². The van der Waals surface area contributed by atoms with E-state index < -0.39 is 0 Å². The number of anilines is 2. The van der Waals surface area contributed by atoms with E-state index in [0.717, 1.165) is 32.0 Å². The first-order valence-electron chi connectivity index (χ1n) is 6.73. The molecule has 1 fully saturated rings. The van der Waals surface area contributed by atoms with Gasteiger partial charge in [0.2, 0.25) is 5.88 Å². The summed E-state index contributed by atoms with van der Waals surface area (Å²) in [4.78, 5) is 6.31. The molecule has 1 aliphatic heterocycles. The summed E-state index contributed by atoms with van der Waals surface area (Å²) in [5.41, 5.74) is 12.2. The van der Waals surface area contributed by atoms with Gasteiger partial charge in [0.25, 0.3) is 0 Å². The fourth-order valence-corrected chi connectivity index (χ4v) is 1.75. The number of hydrogen-bond donors (Lipinski definition) is 2. The Balaban J connectivity index is 0.000000861. The van der Waals surface area contributed by atoms with Gasteiger partial charge in [0, 0.05) is 37.5 Å². The van der Waals surface area contributed by atoms with Gasteiger partial charge in [-0.3, -0.25) is 0 Å². The summed E-state index contributed by atoms with van der Waals surface area (Å²) in [6.07, 6.45) is 0. The van der Waals surface area contributed by atoms with Crippen molar-refractivity contribution in [2.75, 3.05) is 50.1 Å². The monoisotopic (exact) mass is 268 g/mol. The lowest BCUT2D eigenvalue weighted by atomic mass is 10.3. The minimum absolute atomic E-state index is 0.443. The Bertz CT molecular complexity index is 368. The molecular formula is C13H24N4O2. The van der Waals surface area contributed by atoms with Gasteiger partial charge in [0.15, 0.2) is 0 Å². The topological polar surface area (TPSA) is 86.6 Å². The number of ether oxygens (including phenoxy) is 2. The van der Waals surface area contributed by atoms with E-state index in [0.29, 0.717) is 24.8 Å². The lowest BCUT2D eigenvalue weighted by Gasteiger charge is -2.29. The van der Waals surface area contributed by atoms with Gasteiger partial charge in [-0.05, 0) is 0 Å². The molecule has 1 aromatic rings. The van der Waals surface area contributed by atoms with Crippen LogP contribution in [0.4, 0.5) is 11.5 Å². The smallest absolute Gasteiger partial charge is 0.217 e. The lowest BCUT2D eigenvalue weighted by Crippen LogP contribution is -2.36. The van der Waals surface area contributed by atoms with E-state index in [1.54, 1.807) is 0 Å². The summed E-state index contributed by atoms with van der Waals surface area (Å²) in [6.45, 7) is 8.10. The molecule has 6 nitrogen and oxygen atoms in total. The average molecular weight is 268 g/mol. The fraction of sp³-hybridized carbons (Fsp3) is 0.615. The molecule has 0 amide bonds. The predicted molar refractivity (Wildman–Crippen MR) is 77.6 cm³/mol. The van der Waals surface area contributed by atoms with Crippen molar-refractivity contribution in [2.45, 2.75) is 13.8 Å². The molecule has 0 bridgehead atoms. The van der Waals surface area contributed by atoms with Crippen LogP contribution in [-0.4, -0.2) is 44.4 Å². The van der Waals surface area contributed by atoms with Crippen molar-refractivity contribution < 1.29 is 9.47 Å². The lowest BCUT2D eigenvalue weighted by molar-refractivity contribution is 0.122. The number of morpholine rings is 1. The Kier molecular flexibility index (Phi) is 6.99. The highest BCUT2D eigenvalue weighted by Crippen LogP contribution is 2.23. The zero-order valence-electron chi connectivity index (χ0n) is 11.8. The number of rotatable bonds is 4. The van der Waals surface area contributed by atoms with E-state index in [2.05, 4.69) is 9.88 Å². The molecule has 2 rings (SSSR count).